The lowest BCUT2D eigenvalue weighted by Gasteiger charge is -2.26. The molecule has 2 N–H and O–H groups in total. The molecule has 1 saturated carbocycles. The van der Waals surface area contributed by atoms with Crippen LogP contribution in [-0.4, -0.2) is 40.3 Å². The molecule has 0 bridgehead atoms. The summed E-state index contributed by atoms with van der Waals surface area (Å²) in [5.74, 6) is 0. The Balaban J connectivity index is 1.63. The zero-order valence-corrected chi connectivity index (χ0v) is 10.2. The normalized spacial score (nSPS) is 16.2. The Morgan fingerprint density at radius 1 is 1.56 bits per heavy atom. The molecule has 4 nitrogen and oxygen atoms in total. The lowest BCUT2D eigenvalue weighted by molar-refractivity contribution is 0.211. The SMILES string of the molecule is CC(C)N(CCNCc1ccn[nH]1)C1CC1. The van der Waals surface area contributed by atoms with Gasteiger partial charge in [0, 0.05) is 43.6 Å². The average molecular weight is 222 g/mol. The molecule has 0 aliphatic heterocycles. The van der Waals surface area contributed by atoms with Gasteiger partial charge in [-0.05, 0) is 32.8 Å². The highest BCUT2D eigenvalue weighted by molar-refractivity contribution is 4.96. The van der Waals surface area contributed by atoms with Crippen LogP contribution >= 0.6 is 0 Å². The Kier molecular flexibility index (Phi) is 3.96. The zero-order valence-electron chi connectivity index (χ0n) is 10.2. The third-order valence-electron chi connectivity index (χ3n) is 3.10. The summed E-state index contributed by atoms with van der Waals surface area (Å²) in [7, 11) is 0. The lowest BCUT2D eigenvalue weighted by atomic mass is 10.3. The highest BCUT2D eigenvalue weighted by Crippen LogP contribution is 2.27. The minimum atomic E-state index is 0.668. The minimum absolute atomic E-state index is 0.668. The second-order valence-corrected chi connectivity index (χ2v) is 4.82. The van der Waals surface area contributed by atoms with Crippen molar-refractivity contribution in [1.29, 1.82) is 0 Å². The third kappa shape index (κ3) is 3.32. The van der Waals surface area contributed by atoms with Crippen molar-refractivity contribution in [2.24, 2.45) is 0 Å². The second-order valence-electron chi connectivity index (χ2n) is 4.82. The highest BCUT2D eigenvalue weighted by Gasteiger charge is 2.29. The highest BCUT2D eigenvalue weighted by atomic mass is 15.2. The van der Waals surface area contributed by atoms with Crippen molar-refractivity contribution in [3.8, 4) is 0 Å². The van der Waals surface area contributed by atoms with Gasteiger partial charge < -0.3 is 5.32 Å². The molecular weight excluding hydrogens is 200 g/mol. The summed E-state index contributed by atoms with van der Waals surface area (Å²) in [5.41, 5.74) is 1.16. The van der Waals surface area contributed by atoms with Crippen LogP contribution in [0.1, 0.15) is 32.4 Å². The number of aromatic amines is 1. The lowest BCUT2D eigenvalue weighted by Crippen LogP contribution is -2.38. The van der Waals surface area contributed by atoms with Gasteiger partial charge in [-0.2, -0.15) is 5.10 Å². The molecule has 4 heteroatoms. The summed E-state index contributed by atoms with van der Waals surface area (Å²) in [6.45, 7) is 7.65. The number of H-pyrrole nitrogens is 1. The van der Waals surface area contributed by atoms with Gasteiger partial charge in [0.25, 0.3) is 0 Å². The molecule has 1 aromatic rings. The fourth-order valence-electron chi connectivity index (χ4n) is 2.08. The van der Waals surface area contributed by atoms with E-state index in [4.69, 9.17) is 0 Å². The van der Waals surface area contributed by atoms with Crippen LogP contribution in [0.3, 0.4) is 0 Å². The molecule has 1 aliphatic rings. The third-order valence-corrected chi connectivity index (χ3v) is 3.10. The van der Waals surface area contributed by atoms with Crippen molar-refractivity contribution in [3.63, 3.8) is 0 Å². The van der Waals surface area contributed by atoms with E-state index >= 15 is 0 Å². The fraction of sp³-hybridized carbons (Fsp3) is 0.750. The van der Waals surface area contributed by atoms with Crippen LogP contribution < -0.4 is 5.32 Å². The molecule has 0 unspecified atom stereocenters. The van der Waals surface area contributed by atoms with Crippen molar-refractivity contribution in [2.45, 2.75) is 45.3 Å². The maximum absolute atomic E-state index is 3.93. The van der Waals surface area contributed by atoms with Crippen molar-refractivity contribution < 1.29 is 0 Å². The number of nitrogens with zero attached hydrogens (tertiary/aromatic N) is 2. The predicted octanol–water partition coefficient (Wildman–Crippen LogP) is 1.37. The van der Waals surface area contributed by atoms with Crippen molar-refractivity contribution in [2.75, 3.05) is 13.1 Å². The Labute approximate surface area is 97.4 Å². The van der Waals surface area contributed by atoms with Crippen LogP contribution in [0.25, 0.3) is 0 Å². The largest absolute Gasteiger partial charge is 0.310 e. The van der Waals surface area contributed by atoms with Gasteiger partial charge in [0.05, 0.1) is 0 Å². The summed E-state index contributed by atoms with van der Waals surface area (Å²) >= 11 is 0. The summed E-state index contributed by atoms with van der Waals surface area (Å²) in [5, 5.41) is 10.3. The van der Waals surface area contributed by atoms with E-state index in [1.54, 1.807) is 6.20 Å². The van der Waals surface area contributed by atoms with E-state index in [0.29, 0.717) is 6.04 Å². The molecule has 1 heterocycles. The first kappa shape index (κ1) is 11.6. The summed E-state index contributed by atoms with van der Waals surface area (Å²) < 4.78 is 0. The van der Waals surface area contributed by atoms with E-state index in [9.17, 15) is 0 Å². The Hall–Kier alpha value is -0.870. The fourth-order valence-corrected chi connectivity index (χ4v) is 2.08. The first-order chi connectivity index (χ1) is 7.77. The molecule has 0 spiro atoms. The predicted molar refractivity (Wildman–Crippen MR) is 65.2 cm³/mol. The summed E-state index contributed by atoms with van der Waals surface area (Å²) in [6, 6.07) is 3.53. The van der Waals surface area contributed by atoms with E-state index in [2.05, 4.69) is 34.3 Å². The topological polar surface area (TPSA) is 44.0 Å². The van der Waals surface area contributed by atoms with Gasteiger partial charge in [-0.15, -0.1) is 0 Å². The molecule has 90 valence electrons. The molecule has 1 fully saturated rings. The molecule has 0 atom stereocenters. The van der Waals surface area contributed by atoms with E-state index in [1.165, 1.54) is 12.8 Å². The number of hydrogen-bond donors (Lipinski definition) is 2. The Morgan fingerprint density at radius 3 is 2.94 bits per heavy atom. The van der Waals surface area contributed by atoms with Crippen LogP contribution in [0.4, 0.5) is 0 Å². The van der Waals surface area contributed by atoms with E-state index in [0.717, 1.165) is 31.4 Å². The van der Waals surface area contributed by atoms with E-state index in [-0.39, 0.29) is 0 Å². The quantitative estimate of drug-likeness (QED) is 0.685. The first-order valence-corrected chi connectivity index (χ1v) is 6.22. The number of hydrogen-bond acceptors (Lipinski definition) is 3. The first-order valence-electron chi connectivity index (χ1n) is 6.22. The smallest absolute Gasteiger partial charge is 0.0490 e. The van der Waals surface area contributed by atoms with Gasteiger partial charge in [-0.25, -0.2) is 0 Å². The summed E-state index contributed by atoms with van der Waals surface area (Å²) in [4.78, 5) is 2.60. The summed E-state index contributed by atoms with van der Waals surface area (Å²) in [6.07, 6.45) is 4.57. The maximum atomic E-state index is 3.93. The maximum Gasteiger partial charge on any atom is 0.0490 e. The van der Waals surface area contributed by atoms with Gasteiger partial charge in [-0.1, -0.05) is 0 Å². The molecule has 0 amide bonds. The Bertz CT molecular complexity index is 288. The van der Waals surface area contributed by atoms with Crippen LogP contribution in [0.5, 0.6) is 0 Å². The minimum Gasteiger partial charge on any atom is -0.310 e. The van der Waals surface area contributed by atoms with Crippen LogP contribution in [0, 0.1) is 0 Å². The zero-order chi connectivity index (χ0) is 11.4. The van der Waals surface area contributed by atoms with Gasteiger partial charge in [0.15, 0.2) is 0 Å². The molecule has 16 heavy (non-hydrogen) atoms. The van der Waals surface area contributed by atoms with Crippen molar-refractivity contribution in [3.05, 3.63) is 18.0 Å². The van der Waals surface area contributed by atoms with E-state index < -0.39 is 0 Å². The number of rotatable bonds is 7. The molecule has 0 saturated heterocycles. The van der Waals surface area contributed by atoms with E-state index in [1.807, 2.05) is 6.07 Å². The van der Waals surface area contributed by atoms with Crippen LogP contribution in [0.15, 0.2) is 12.3 Å². The van der Waals surface area contributed by atoms with Crippen LogP contribution in [-0.2, 0) is 6.54 Å². The van der Waals surface area contributed by atoms with Gasteiger partial charge in [0.1, 0.15) is 0 Å². The van der Waals surface area contributed by atoms with Gasteiger partial charge >= 0.3 is 0 Å². The van der Waals surface area contributed by atoms with Crippen molar-refractivity contribution >= 4 is 0 Å². The van der Waals surface area contributed by atoms with Gasteiger partial charge in [-0.3, -0.25) is 10.00 Å². The second kappa shape index (κ2) is 5.46. The number of nitrogens with one attached hydrogen (secondary N) is 2. The number of aromatic nitrogens is 2. The average Bonchev–Trinajstić information content (AvgIpc) is 2.94. The molecule has 1 aromatic heterocycles. The molecule has 2 rings (SSSR count). The standard InChI is InChI=1S/C12H22N4/c1-10(2)16(12-3-4-12)8-7-13-9-11-5-6-14-15-11/h5-6,10,12-13H,3-4,7-9H2,1-2H3,(H,14,15). The molecule has 0 aromatic carbocycles. The van der Waals surface area contributed by atoms with Gasteiger partial charge in [0.2, 0.25) is 0 Å². The molecule has 0 radical (unpaired) electrons. The van der Waals surface area contributed by atoms with Crippen molar-refractivity contribution in [1.82, 2.24) is 20.4 Å². The molecule has 1 aliphatic carbocycles. The monoisotopic (exact) mass is 222 g/mol. The molecular formula is C12H22N4. The Morgan fingerprint density at radius 2 is 2.38 bits per heavy atom. The van der Waals surface area contributed by atoms with Crippen LogP contribution in [0.2, 0.25) is 0 Å².